The highest BCUT2D eigenvalue weighted by atomic mass is 35.5. The summed E-state index contributed by atoms with van der Waals surface area (Å²) >= 11 is 6.52. The number of fused-ring (bicyclic) bond motifs is 2. The number of aromatic nitrogens is 5. The highest BCUT2D eigenvalue weighted by Gasteiger charge is 2.54. The van der Waals surface area contributed by atoms with Crippen LogP contribution in [0.1, 0.15) is 53.8 Å². The number of hydrogen-bond acceptors (Lipinski definition) is 7. The summed E-state index contributed by atoms with van der Waals surface area (Å²) in [6, 6.07) is 6.16. The first-order valence-corrected chi connectivity index (χ1v) is 19.5. The molecule has 3 aromatic heterocycles. The van der Waals surface area contributed by atoms with Crippen LogP contribution < -0.4 is 10.0 Å². The SMILES string of the molecule is C[C@@H]1Cc2c(C(F)(F)F)nn(CC(=O)N[C@@H](Cc3cc(F)cc(F)c3)c3nc(C#CC(C)(O)C(F)F)ccc3-c3ccc(Cl)c4c(NS(C)(=O)=O)nn(C)c34)c2C1(F)F. The van der Waals surface area contributed by atoms with E-state index in [2.05, 4.69) is 31.1 Å². The van der Waals surface area contributed by atoms with Crippen LogP contribution in [-0.4, -0.2) is 62.3 Å². The molecular formula is C37H31ClF9N7O4S. The van der Waals surface area contributed by atoms with Crippen LogP contribution in [0.4, 0.5) is 45.3 Å². The Hall–Kier alpha value is -5.33. The predicted molar refractivity (Wildman–Crippen MR) is 196 cm³/mol. The molecule has 0 saturated heterocycles. The maximum atomic E-state index is 15.3. The quantitative estimate of drug-likeness (QED) is 0.102. The molecule has 0 fully saturated rings. The zero-order valence-corrected chi connectivity index (χ0v) is 32.6. The Morgan fingerprint density at radius 3 is 2.34 bits per heavy atom. The minimum Gasteiger partial charge on any atom is -0.372 e. The number of alkyl halides is 7. The van der Waals surface area contributed by atoms with E-state index in [9.17, 15) is 49.1 Å². The Kier molecular flexibility index (Phi) is 11.3. The number of aliphatic hydroxyl groups is 1. The second kappa shape index (κ2) is 15.4. The van der Waals surface area contributed by atoms with Crippen molar-refractivity contribution < 1.29 is 57.8 Å². The van der Waals surface area contributed by atoms with E-state index in [0.29, 0.717) is 6.07 Å². The largest absolute Gasteiger partial charge is 0.435 e. The van der Waals surface area contributed by atoms with E-state index in [1.165, 1.54) is 36.0 Å². The summed E-state index contributed by atoms with van der Waals surface area (Å²) in [5, 5.41) is 20.3. The number of rotatable bonds is 10. The van der Waals surface area contributed by atoms with Crippen molar-refractivity contribution in [3.05, 3.63) is 93.0 Å². The zero-order chi connectivity index (χ0) is 43.6. The number of anilines is 1. The first-order chi connectivity index (χ1) is 27.3. The van der Waals surface area contributed by atoms with Gasteiger partial charge in [-0.1, -0.05) is 30.5 Å². The third-order valence-electron chi connectivity index (χ3n) is 9.39. The normalized spacial score (nSPS) is 16.7. The van der Waals surface area contributed by atoms with Gasteiger partial charge in [0.2, 0.25) is 15.9 Å². The van der Waals surface area contributed by atoms with Crippen LogP contribution in [0.5, 0.6) is 0 Å². The number of sulfonamides is 1. The van der Waals surface area contributed by atoms with Crippen molar-refractivity contribution >= 4 is 44.3 Å². The Bertz CT molecular complexity index is 2650. The lowest BCUT2D eigenvalue weighted by Crippen LogP contribution is -2.35. The van der Waals surface area contributed by atoms with Crippen molar-refractivity contribution in [3.63, 3.8) is 0 Å². The molecular weight excluding hydrogens is 845 g/mol. The Morgan fingerprint density at radius 1 is 1.08 bits per heavy atom. The predicted octanol–water partition coefficient (Wildman–Crippen LogP) is 6.91. The van der Waals surface area contributed by atoms with E-state index < -0.39 is 100.0 Å². The third kappa shape index (κ3) is 8.84. The lowest BCUT2D eigenvalue weighted by atomic mass is 9.93. The van der Waals surface area contributed by atoms with Gasteiger partial charge in [-0.3, -0.25) is 18.9 Å². The van der Waals surface area contributed by atoms with Crippen molar-refractivity contribution in [2.45, 2.75) is 63.4 Å². The molecule has 0 bridgehead atoms. The number of carbonyl (C=O) groups excluding carboxylic acids is 1. The Labute approximate surface area is 334 Å². The van der Waals surface area contributed by atoms with Gasteiger partial charge in [-0.25, -0.2) is 31.0 Å². The number of halogens is 10. The van der Waals surface area contributed by atoms with Crippen molar-refractivity contribution in [1.29, 1.82) is 0 Å². The van der Waals surface area contributed by atoms with E-state index >= 15 is 8.78 Å². The fraction of sp³-hybridized carbons (Fsp3) is 0.351. The van der Waals surface area contributed by atoms with Gasteiger partial charge >= 0.3 is 6.18 Å². The minimum atomic E-state index is -5.16. The molecule has 11 nitrogen and oxygen atoms in total. The monoisotopic (exact) mass is 875 g/mol. The molecule has 0 saturated carbocycles. The lowest BCUT2D eigenvalue weighted by Gasteiger charge is -2.23. The van der Waals surface area contributed by atoms with Crippen molar-refractivity contribution in [2.24, 2.45) is 13.0 Å². The molecule has 3 heterocycles. The summed E-state index contributed by atoms with van der Waals surface area (Å²) in [6.07, 6.45) is -8.84. The van der Waals surface area contributed by atoms with Gasteiger partial charge < -0.3 is 10.4 Å². The van der Waals surface area contributed by atoms with Gasteiger partial charge in [0, 0.05) is 35.7 Å². The summed E-state index contributed by atoms with van der Waals surface area (Å²) in [7, 11) is -2.49. The molecule has 22 heteroatoms. The maximum absolute atomic E-state index is 15.3. The summed E-state index contributed by atoms with van der Waals surface area (Å²) in [6.45, 7) is 0.573. The average Bonchev–Trinajstić information content (AvgIpc) is 3.70. The van der Waals surface area contributed by atoms with Crippen molar-refractivity contribution in [3.8, 4) is 23.0 Å². The number of hydrogen-bond donors (Lipinski definition) is 3. The number of nitrogens with zero attached hydrogens (tertiary/aromatic N) is 5. The molecule has 314 valence electrons. The second-order valence-electron chi connectivity index (χ2n) is 14.2. The van der Waals surface area contributed by atoms with Crippen LogP contribution in [-0.2, 0) is 53.4 Å². The summed E-state index contributed by atoms with van der Waals surface area (Å²) < 4.78 is 157. The lowest BCUT2D eigenvalue weighted by molar-refractivity contribution is -0.142. The fourth-order valence-electron chi connectivity index (χ4n) is 6.76. The number of nitrogens with one attached hydrogen (secondary N) is 2. The van der Waals surface area contributed by atoms with Gasteiger partial charge in [-0.2, -0.15) is 32.1 Å². The van der Waals surface area contributed by atoms with Gasteiger partial charge in [-0.15, -0.1) is 0 Å². The molecule has 2 aromatic carbocycles. The molecule has 1 aliphatic carbocycles. The molecule has 5 aromatic rings. The van der Waals surface area contributed by atoms with Gasteiger partial charge in [0.05, 0.1) is 33.9 Å². The van der Waals surface area contributed by atoms with E-state index in [1.54, 1.807) is 0 Å². The molecule has 1 unspecified atom stereocenters. The summed E-state index contributed by atoms with van der Waals surface area (Å²) in [4.78, 5) is 18.3. The van der Waals surface area contributed by atoms with Gasteiger partial charge in [-0.05, 0) is 61.6 Å². The minimum absolute atomic E-state index is 0.0189. The fourth-order valence-corrected chi connectivity index (χ4v) is 7.49. The molecule has 1 amide bonds. The molecule has 59 heavy (non-hydrogen) atoms. The molecule has 3 atom stereocenters. The third-order valence-corrected chi connectivity index (χ3v) is 10.3. The highest BCUT2D eigenvalue weighted by Crippen LogP contribution is 2.49. The number of carbonyl (C=O) groups is 1. The molecule has 1 aliphatic rings. The second-order valence-corrected chi connectivity index (χ2v) is 16.3. The van der Waals surface area contributed by atoms with E-state index in [0.717, 1.165) is 32.2 Å². The van der Waals surface area contributed by atoms with E-state index in [1.807, 2.05) is 5.92 Å². The zero-order valence-electron chi connectivity index (χ0n) is 31.0. The molecule has 0 spiro atoms. The smallest absolute Gasteiger partial charge is 0.372 e. The topological polar surface area (TPSA) is 144 Å². The standard InChI is InChI=1S/C37H31ClF9N7O4S/c1-17-11-24-31(37(45,46)47)50-54(32(24)36(17,43)44)16-27(55)49-26(14-18-12-19(39)15-20(40)13-18)29-22(6-5-21(48-29)9-10-35(2,56)34(41)42)23-7-8-25(38)28-30(23)53(3)51-33(28)52-59(4,57)58/h5-8,12-13,15,17,26,34,56H,11,14,16H2,1-4H3,(H,49,55)(H,51,52)/t17-,26+,35?/m1/s1. The van der Waals surface area contributed by atoms with Gasteiger partial charge in [0.25, 0.3) is 12.3 Å². The Morgan fingerprint density at radius 2 is 1.73 bits per heavy atom. The Balaban J connectivity index is 1.56. The van der Waals surface area contributed by atoms with Crippen LogP contribution in [0, 0.1) is 29.4 Å². The van der Waals surface area contributed by atoms with Crippen LogP contribution in [0.2, 0.25) is 5.02 Å². The summed E-state index contributed by atoms with van der Waals surface area (Å²) in [5.41, 5.74) is -6.55. The molecule has 3 N–H and O–H groups in total. The first-order valence-electron chi connectivity index (χ1n) is 17.2. The van der Waals surface area contributed by atoms with E-state index in [4.69, 9.17) is 11.6 Å². The van der Waals surface area contributed by atoms with Gasteiger partial charge in [0.15, 0.2) is 17.1 Å². The van der Waals surface area contributed by atoms with Crippen molar-refractivity contribution in [2.75, 3.05) is 11.0 Å². The van der Waals surface area contributed by atoms with E-state index in [-0.39, 0.29) is 54.5 Å². The molecule has 0 radical (unpaired) electrons. The molecule has 0 aliphatic heterocycles. The first kappa shape index (κ1) is 43.3. The number of pyridine rings is 1. The molecule has 6 rings (SSSR count). The number of benzene rings is 2. The number of aryl methyl sites for hydroxylation is 1. The van der Waals surface area contributed by atoms with Crippen LogP contribution in [0.15, 0.2) is 42.5 Å². The van der Waals surface area contributed by atoms with Crippen molar-refractivity contribution in [1.82, 2.24) is 29.9 Å². The number of amides is 1. The highest BCUT2D eigenvalue weighted by molar-refractivity contribution is 7.92. The van der Waals surface area contributed by atoms with Crippen LogP contribution in [0.25, 0.3) is 22.0 Å². The van der Waals surface area contributed by atoms with Gasteiger partial charge in [0.1, 0.15) is 29.6 Å². The maximum Gasteiger partial charge on any atom is 0.435 e. The van der Waals surface area contributed by atoms with Crippen LogP contribution >= 0.6 is 11.6 Å². The summed E-state index contributed by atoms with van der Waals surface area (Å²) in [5.74, 6) is -4.58. The van der Waals surface area contributed by atoms with Crippen LogP contribution in [0.3, 0.4) is 0 Å². The average molecular weight is 876 g/mol.